The molecule has 0 atom stereocenters. The lowest BCUT2D eigenvalue weighted by atomic mass is 10.1. The number of hydrogen-bond donors (Lipinski definition) is 1. The van der Waals surface area contributed by atoms with E-state index in [2.05, 4.69) is 56.2 Å². The smallest absolute Gasteiger partial charge is 0.0393 e. The Morgan fingerprint density at radius 1 is 1.33 bits per heavy atom. The van der Waals surface area contributed by atoms with E-state index in [1.807, 2.05) is 0 Å². The molecule has 100 valence electrons. The molecule has 2 nitrogen and oxygen atoms in total. The average molecular weight is 246 g/mol. The molecule has 0 saturated heterocycles. The molecule has 0 unspecified atom stereocenters. The second-order valence-corrected chi connectivity index (χ2v) is 5.98. The first-order chi connectivity index (χ1) is 8.56. The average Bonchev–Trinajstić information content (AvgIpc) is 3.10. The van der Waals surface area contributed by atoms with Crippen LogP contribution in [-0.4, -0.2) is 19.6 Å². The molecule has 0 aliphatic heterocycles. The van der Waals surface area contributed by atoms with Crippen LogP contribution < -0.4 is 10.2 Å². The first-order valence-corrected chi connectivity index (χ1v) is 7.10. The quantitative estimate of drug-likeness (QED) is 0.828. The van der Waals surface area contributed by atoms with Gasteiger partial charge in [0.25, 0.3) is 0 Å². The van der Waals surface area contributed by atoms with Crippen LogP contribution in [-0.2, 0) is 6.54 Å². The van der Waals surface area contributed by atoms with Crippen molar-refractivity contribution in [3.05, 3.63) is 29.3 Å². The molecule has 0 aromatic heterocycles. The monoisotopic (exact) mass is 246 g/mol. The van der Waals surface area contributed by atoms with Gasteiger partial charge in [-0.3, -0.25) is 0 Å². The van der Waals surface area contributed by atoms with Gasteiger partial charge in [-0.15, -0.1) is 0 Å². The molecule has 1 aliphatic carbocycles. The normalized spacial score (nSPS) is 15.2. The number of nitrogens with one attached hydrogen (secondary N) is 1. The fourth-order valence-electron chi connectivity index (χ4n) is 2.36. The van der Waals surface area contributed by atoms with Crippen LogP contribution in [0, 0.1) is 12.8 Å². The maximum atomic E-state index is 3.47. The van der Waals surface area contributed by atoms with Crippen LogP contribution in [0.15, 0.2) is 18.2 Å². The summed E-state index contributed by atoms with van der Waals surface area (Å²) in [5.74, 6) is 0.941. The van der Waals surface area contributed by atoms with Gasteiger partial charge in [0.1, 0.15) is 0 Å². The maximum absolute atomic E-state index is 3.47. The van der Waals surface area contributed by atoms with E-state index in [9.17, 15) is 0 Å². The van der Waals surface area contributed by atoms with Gasteiger partial charge < -0.3 is 10.2 Å². The van der Waals surface area contributed by atoms with Crippen LogP contribution >= 0.6 is 0 Å². The largest absolute Gasteiger partial charge is 0.374 e. The molecule has 1 aromatic rings. The summed E-state index contributed by atoms with van der Waals surface area (Å²) in [4.78, 5) is 2.41. The molecule has 1 N–H and O–H groups in total. The Balaban J connectivity index is 1.99. The van der Waals surface area contributed by atoms with E-state index in [1.54, 1.807) is 0 Å². The van der Waals surface area contributed by atoms with Crippen LogP contribution in [0.2, 0.25) is 0 Å². The first-order valence-electron chi connectivity index (χ1n) is 7.10. The number of rotatable bonds is 6. The summed E-state index contributed by atoms with van der Waals surface area (Å²) < 4.78 is 0. The third-order valence-electron chi connectivity index (χ3n) is 3.62. The summed E-state index contributed by atoms with van der Waals surface area (Å²) in [6, 6.07) is 7.38. The number of anilines is 1. The third kappa shape index (κ3) is 3.74. The van der Waals surface area contributed by atoms with Gasteiger partial charge in [-0.2, -0.15) is 0 Å². The molecule has 0 heterocycles. The van der Waals surface area contributed by atoms with Crippen LogP contribution in [0.5, 0.6) is 0 Å². The van der Waals surface area contributed by atoms with Gasteiger partial charge in [0.05, 0.1) is 0 Å². The molecule has 18 heavy (non-hydrogen) atoms. The van der Waals surface area contributed by atoms with Crippen molar-refractivity contribution in [1.29, 1.82) is 0 Å². The molecular formula is C16H26N2. The van der Waals surface area contributed by atoms with Crippen molar-refractivity contribution in [2.45, 2.75) is 46.2 Å². The minimum Gasteiger partial charge on any atom is -0.374 e. The topological polar surface area (TPSA) is 15.3 Å². The van der Waals surface area contributed by atoms with Crippen molar-refractivity contribution >= 4 is 5.69 Å². The lowest BCUT2D eigenvalue weighted by molar-refractivity contribution is 0.588. The predicted molar refractivity (Wildman–Crippen MR) is 79.1 cm³/mol. The van der Waals surface area contributed by atoms with Gasteiger partial charge in [0.2, 0.25) is 0 Å². The van der Waals surface area contributed by atoms with Crippen molar-refractivity contribution < 1.29 is 0 Å². The molecule has 0 amide bonds. The van der Waals surface area contributed by atoms with Gasteiger partial charge in [-0.05, 0) is 42.9 Å². The summed E-state index contributed by atoms with van der Waals surface area (Å²) >= 11 is 0. The molecular weight excluding hydrogens is 220 g/mol. The summed E-state index contributed by atoms with van der Waals surface area (Å²) in [6.07, 6.45) is 2.83. The van der Waals surface area contributed by atoms with Gasteiger partial charge in [-0.25, -0.2) is 0 Å². The van der Waals surface area contributed by atoms with Gasteiger partial charge in [0, 0.05) is 31.9 Å². The fourth-order valence-corrected chi connectivity index (χ4v) is 2.36. The number of benzene rings is 1. The summed E-state index contributed by atoms with van der Waals surface area (Å²) in [6.45, 7) is 8.77. The van der Waals surface area contributed by atoms with Crippen LogP contribution in [0.1, 0.15) is 37.8 Å². The molecule has 0 bridgehead atoms. The highest BCUT2D eigenvalue weighted by molar-refractivity contribution is 5.54. The van der Waals surface area contributed by atoms with Crippen LogP contribution in [0.4, 0.5) is 5.69 Å². The van der Waals surface area contributed by atoms with Crippen molar-refractivity contribution in [3.63, 3.8) is 0 Å². The highest BCUT2D eigenvalue weighted by Gasteiger charge is 2.23. The minimum absolute atomic E-state index is 0.544. The molecule has 1 saturated carbocycles. The SMILES string of the molecule is Cc1cc(CNC(C)C)ccc1N(C)CC1CC1. The van der Waals surface area contributed by atoms with Crippen molar-refractivity contribution in [2.75, 3.05) is 18.5 Å². The zero-order valence-corrected chi connectivity index (χ0v) is 12.2. The lowest BCUT2D eigenvalue weighted by Gasteiger charge is -2.22. The number of nitrogens with zero attached hydrogens (tertiary/aromatic N) is 1. The van der Waals surface area contributed by atoms with Gasteiger partial charge in [-0.1, -0.05) is 26.0 Å². The van der Waals surface area contributed by atoms with Gasteiger partial charge in [0.15, 0.2) is 0 Å². The predicted octanol–water partition coefficient (Wildman–Crippen LogP) is 3.34. The Morgan fingerprint density at radius 2 is 2.06 bits per heavy atom. The Morgan fingerprint density at radius 3 is 2.61 bits per heavy atom. The maximum Gasteiger partial charge on any atom is 0.0393 e. The Bertz CT molecular complexity index is 394. The Labute approximate surface area is 111 Å². The van der Waals surface area contributed by atoms with E-state index >= 15 is 0 Å². The van der Waals surface area contributed by atoms with E-state index in [4.69, 9.17) is 0 Å². The molecule has 1 aliphatic rings. The van der Waals surface area contributed by atoms with Crippen molar-refractivity contribution in [2.24, 2.45) is 5.92 Å². The highest BCUT2D eigenvalue weighted by Crippen LogP contribution is 2.31. The third-order valence-corrected chi connectivity index (χ3v) is 3.62. The second-order valence-electron chi connectivity index (χ2n) is 5.98. The highest BCUT2D eigenvalue weighted by atomic mass is 15.1. The minimum atomic E-state index is 0.544. The molecule has 1 aromatic carbocycles. The Hall–Kier alpha value is -1.02. The summed E-state index contributed by atoms with van der Waals surface area (Å²) in [7, 11) is 2.21. The molecule has 2 heteroatoms. The van der Waals surface area contributed by atoms with Crippen LogP contribution in [0.3, 0.4) is 0 Å². The van der Waals surface area contributed by atoms with E-state index < -0.39 is 0 Å². The van der Waals surface area contributed by atoms with E-state index in [0.717, 1.165) is 12.5 Å². The van der Waals surface area contributed by atoms with E-state index in [1.165, 1.54) is 36.2 Å². The molecule has 1 fully saturated rings. The Kier molecular flexibility index (Phi) is 4.28. The number of aryl methyl sites for hydroxylation is 1. The standard InChI is InChI=1S/C16H26N2/c1-12(2)17-10-15-7-8-16(13(3)9-15)18(4)11-14-5-6-14/h7-9,12,14,17H,5-6,10-11H2,1-4H3. The van der Waals surface area contributed by atoms with Crippen molar-refractivity contribution in [3.8, 4) is 0 Å². The van der Waals surface area contributed by atoms with Gasteiger partial charge >= 0.3 is 0 Å². The van der Waals surface area contributed by atoms with Crippen LogP contribution in [0.25, 0.3) is 0 Å². The zero-order chi connectivity index (χ0) is 13.1. The fraction of sp³-hybridized carbons (Fsp3) is 0.625. The van der Waals surface area contributed by atoms with Crippen molar-refractivity contribution in [1.82, 2.24) is 5.32 Å². The zero-order valence-electron chi connectivity index (χ0n) is 12.2. The van der Waals surface area contributed by atoms with E-state index in [-0.39, 0.29) is 0 Å². The lowest BCUT2D eigenvalue weighted by Crippen LogP contribution is -2.23. The van der Waals surface area contributed by atoms with E-state index in [0.29, 0.717) is 6.04 Å². The molecule has 0 radical (unpaired) electrons. The first kappa shape index (κ1) is 13.4. The summed E-state index contributed by atoms with van der Waals surface area (Å²) in [5.41, 5.74) is 4.15. The molecule has 2 rings (SSSR count). The number of hydrogen-bond acceptors (Lipinski definition) is 2. The second kappa shape index (κ2) is 5.75. The molecule has 0 spiro atoms. The summed E-state index contributed by atoms with van der Waals surface area (Å²) in [5, 5.41) is 3.47.